The van der Waals surface area contributed by atoms with Crippen LogP contribution >= 0.6 is 0 Å². The predicted octanol–water partition coefficient (Wildman–Crippen LogP) is 4.85. The summed E-state index contributed by atoms with van der Waals surface area (Å²) in [5, 5.41) is 15.0. The van der Waals surface area contributed by atoms with Gasteiger partial charge < -0.3 is 10.6 Å². The Kier molecular flexibility index (Phi) is 8.43. The van der Waals surface area contributed by atoms with Crippen LogP contribution in [0, 0.1) is 35.0 Å². The first-order valence-electron chi connectivity index (χ1n) is 11.6. The molecule has 2 amide bonds. The Morgan fingerprint density at radius 1 is 1.06 bits per heavy atom. The Hall–Kier alpha value is -3.39. The molecule has 2 N–H and O–H groups in total. The van der Waals surface area contributed by atoms with Gasteiger partial charge in [-0.2, -0.15) is 5.26 Å². The van der Waals surface area contributed by atoms with Crippen LogP contribution in [0.3, 0.4) is 0 Å². The number of benzene rings is 2. The van der Waals surface area contributed by atoms with Gasteiger partial charge in [-0.3, -0.25) is 9.59 Å². The third-order valence-electron chi connectivity index (χ3n) is 6.62. The fourth-order valence-corrected chi connectivity index (χ4v) is 4.60. The van der Waals surface area contributed by atoms with Gasteiger partial charge in [0.1, 0.15) is 0 Å². The monoisotopic (exact) mass is 443 g/mol. The molecule has 2 aromatic carbocycles. The number of nitrogens with one attached hydrogen (secondary N) is 2. The zero-order valence-corrected chi connectivity index (χ0v) is 19.7. The van der Waals surface area contributed by atoms with Gasteiger partial charge in [0.2, 0.25) is 5.91 Å². The lowest BCUT2D eigenvalue weighted by molar-refractivity contribution is -0.122. The summed E-state index contributed by atoms with van der Waals surface area (Å²) < 4.78 is 0. The van der Waals surface area contributed by atoms with E-state index in [1.807, 2.05) is 42.5 Å². The van der Waals surface area contributed by atoms with Crippen LogP contribution in [0.1, 0.15) is 55.1 Å². The third-order valence-corrected chi connectivity index (χ3v) is 6.62. The zero-order valence-electron chi connectivity index (χ0n) is 19.7. The Morgan fingerprint density at radius 3 is 2.39 bits per heavy atom. The van der Waals surface area contributed by atoms with Gasteiger partial charge in [-0.15, -0.1) is 0 Å². The molecule has 0 heterocycles. The average Bonchev–Trinajstić information content (AvgIpc) is 2.83. The second-order valence-electron chi connectivity index (χ2n) is 9.28. The van der Waals surface area contributed by atoms with Crippen LogP contribution in [0.5, 0.6) is 0 Å². The van der Waals surface area contributed by atoms with E-state index in [4.69, 9.17) is 5.26 Å². The van der Waals surface area contributed by atoms with Crippen molar-refractivity contribution in [3.63, 3.8) is 0 Å². The molecule has 172 valence electrons. The number of carbonyl (C=O) groups is 2. The highest BCUT2D eigenvalue weighted by Gasteiger charge is 2.32. The topological polar surface area (TPSA) is 82.0 Å². The van der Waals surface area contributed by atoms with E-state index in [1.54, 1.807) is 12.1 Å². The SMILES string of the molecule is CC1=CC(CNC(=O)c2ccccc2)C(C(C)C)CC1CC(=O)NCc1ccc(C#N)cc1. The van der Waals surface area contributed by atoms with Gasteiger partial charge in [0.25, 0.3) is 5.91 Å². The van der Waals surface area contributed by atoms with Crippen LogP contribution in [0.15, 0.2) is 66.2 Å². The van der Waals surface area contributed by atoms with Crippen LogP contribution in [-0.2, 0) is 11.3 Å². The largest absolute Gasteiger partial charge is 0.352 e. The molecule has 0 fully saturated rings. The molecule has 0 radical (unpaired) electrons. The van der Waals surface area contributed by atoms with Crippen molar-refractivity contribution in [2.75, 3.05) is 6.54 Å². The normalized spacial score (nSPS) is 20.0. The van der Waals surface area contributed by atoms with Gasteiger partial charge in [-0.1, -0.05) is 55.8 Å². The Balaban J connectivity index is 1.57. The fourth-order valence-electron chi connectivity index (χ4n) is 4.60. The van der Waals surface area contributed by atoms with Crippen LogP contribution in [-0.4, -0.2) is 18.4 Å². The maximum atomic E-state index is 12.6. The van der Waals surface area contributed by atoms with E-state index in [9.17, 15) is 9.59 Å². The Labute approximate surface area is 196 Å². The van der Waals surface area contributed by atoms with Crippen molar-refractivity contribution in [1.82, 2.24) is 10.6 Å². The molecule has 1 aliphatic carbocycles. The summed E-state index contributed by atoms with van der Waals surface area (Å²) >= 11 is 0. The fraction of sp³-hybridized carbons (Fsp3) is 0.393. The van der Waals surface area contributed by atoms with Gasteiger partial charge in [0.05, 0.1) is 11.6 Å². The second kappa shape index (κ2) is 11.5. The third kappa shape index (κ3) is 6.79. The van der Waals surface area contributed by atoms with E-state index < -0.39 is 0 Å². The average molecular weight is 444 g/mol. The molecule has 3 unspecified atom stereocenters. The minimum absolute atomic E-state index is 0.0375. The van der Waals surface area contributed by atoms with Crippen LogP contribution in [0.25, 0.3) is 0 Å². The minimum atomic E-state index is -0.0477. The van der Waals surface area contributed by atoms with Crippen molar-refractivity contribution in [2.45, 2.75) is 40.2 Å². The second-order valence-corrected chi connectivity index (χ2v) is 9.28. The first-order valence-corrected chi connectivity index (χ1v) is 11.6. The minimum Gasteiger partial charge on any atom is -0.352 e. The number of nitriles is 1. The van der Waals surface area contributed by atoms with Crippen molar-refractivity contribution in [2.24, 2.45) is 23.7 Å². The van der Waals surface area contributed by atoms with Crippen molar-refractivity contribution in [3.05, 3.63) is 82.9 Å². The Morgan fingerprint density at radius 2 is 1.76 bits per heavy atom. The molecule has 2 aromatic rings. The molecule has 0 spiro atoms. The van der Waals surface area contributed by atoms with Gasteiger partial charge >= 0.3 is 0 Å². The van der Waals surface area contributed by atoms with Crippen molar-refractivity contribution >= 4 is 11.8 Å². The summed E-state index contributed by atoms with van der Waals surface area (Å²) in [5.74, 6) is 1.32. The standard InChI is InChI=1S/C28H33N3O2/c1-19(2)26-14-24(15-27(32)30-17-22-11-9-21(16-29)10-12-22)20(3)13-25(26)18-31-28(33)23-7-5-4-6-8-23/h4-13,19,24-26H,14-15,17-18H2,1-3H3,(H,30,32)(H,31,33). The summed E-state index contributed by atoms with van der Waals surface area (Å²) in [5.41, 5.74) is 3.49. The number of hydrogen-bond donors (Lipinski definition) is 2. The summed E-state index contributed by atoms with van der Waals surface area (Å²) in [6.45, 7) is 7.59. The van der Waals surface area contributed by atoms with Crippen LogP contribution in [0.4, 0.5) is 0 Å². The van der Waals surface area contributed by atoms with E-state index in [-0.39, 0.29) is 23.7 Å². The molecule has 3 rings (SSSR count). The quantitative estimate of drug-likeness (QED) is 0.572. The summed E-state index contributed by atoms with van der Waals surface area (Å²) in [4.78, 5) is 25.1. The molecule has 0 aliphatic heterocycles. The number of nitrogens with zero attached hydrogens (tertiary/aromatic N) is 1. The summed E-state index contributed by atoms with van der Waals surface area (Å²) in [6.07, 6.45) is 3.67. The highest BCUT2D eigenvalue weighted by atomic mass is 16.2. The molecule has 0 saturated heterocycles. The molecule has 5 heteroatoms. The molecule has 33 heavy (non-hydrogen) atoms. The molecule has 3 atom stereocenters. The maximum absolute atomic E-state index is 12.6. The van der Waals surface area contributed by atoms with Crippen molar-refractivity contribution in [3.8, 4) is 6.07 Å². The maximum Gasteiger partial charge on any atom is 0.251 e. The van der Waals surface area contributed by atoms with E-state index in [0.717, 1.165) is 12.0 Å². The number of amides is 2. The summed E-state index contributed by atoms with van der Waals surface area (Å²) in [7, 11) is 0. The highest BCUT2D eigenvalue weighted by Crippen LogP contribution is 2.38. The van der Waals surface area contributed by atoms with Crippen molar-refractivity contribution < 1.29 is 9.59 Å². The lowest BCUT2D eigenvalue weighted by atomic mass is 9.69. The van der Waals surface area contributed by atoms with Gasteiger partial charge in [0.15, 0.2) is 0 Å². The number of rotatable bonds is 8. The predicted molar refractivity (Wildman–Crippen MR) is 130 cm³/mol. The van der Waals surface area contributed by atoms with Gasteiger partial charge in [-0.25, -0.2) is 0 Å². The number of carbonyl (C=O) groups excluding carboxylic acids is 2. The first kappa shape index (κ1) is 24.3. The molecule has 0 bridgehead atoms. The summed E-state index contributed by atoms with van der Waals surface area (Å²) in [6, 6.07) is 18.7. The zero-order chi connectivity index (χ0) is 23.8. The first-order chi connectivity index (χ1) is 15.9. The lowest BCUT2D eigenvalue weighted by Crippen LogP contribution is -2.37. The molecule has 5 nitrogen and oxygen atoms in total. The van der Waals surface area contributed by atoms with E-state index >= 15 is 0 Å². The van der Waals surface area contributed by atoms with E-state index in [1.165, 1.54) is 5.57 Å². The molecule has 0 saturated carbocycles. The molecule has 1 aliphatic rings. The molecular formula is C28H33N3O2. The smallest absolute Gasteiger partial charge is 0.251 e. The number of hydrogen-bond acceptors (Lipinski definition) is 3. The number of allylic oxidation sites excluding steroid dienone is 1. The molecule has 0 aromatic heterocycles. The lowest BCUT2D eigenvalue weighted by Gasteiger charge is -2.37. The van der Waals surface area contributed by atoms with E-state index in [0.29, 0.717) is 42.5 Å². The van der Waals surface area contributed by atoms with Crippen LogP contribution in [0.2, 0.25) is 0 Å². The van der Waals surface area contributed by atoms with Gasteiger partial charge in [0, 0.05) is 25.1 Å². The highest BCUT2D eigenvalue weighted by molar-refractivity contribution is 5.94. The van der Waals surface area contributed by atoms with Crippen LogP contribution < -0.4 is 10.6 Å². The Bertz CT molecular complexity index is 1020. The van der Waals surface area contributed by atoms with E-state index in [2.05, 4.69) is 43.6 Å². The van der Waals surface area contributed by atoms with Gasteiger partial charge in [-0.05, 0) is 66.8 Å². The molecular weight excluding hydrogens is 410 g/mol. The van der Waals surface area contributed by atoms with Crippen molar-refractivity contribution in [1.29, 1.82) is 5.26 Å².